The first-order valence-corrected chi connectivity index (χ1v) is 7.36. The van der Waals surface area contributed by atoms with Crippen molar-refractivity contribution >= 4 is 5.96 Å². The molecule has 2 rings (SSSR count). The van der Waals surface area contributed by atoms with Gasteiger partial charge in [0.15, 0.2) is 5.96 Å². The van der Waals surface area contributed by atoms with Gasteiger partial charge in [-0.3, -0.25) is 4.98 Å². The molecule has 0 atom stereocenters. The molecule has 4 nitrogen and oxygen atoms in total. The van der Waals surface area contributed by atoms with E-state index in [2.05, 4.69) is 20.6 Å². The number of nitrogens with zero attached hydrogens (tertiary/aromatic N) is 2. The molecule has 0 saturated carbocycles. The average molecular weight is 300 g/mol. The van der Waals surface area contributed by atoms with Crippen molar-refractivity contribution in [3.05, 3.63) is 65.2 Å². The highest BCUT2D eigenvalue weighted by atomic mass is 19.1. The molecule has 0 aliphatic carbocycles. The summed E-state index contributed by atoms with van der Waals surface area (Å²) < 4.78 is 13.3. The molecule has 0 aliphatic rings. The molecule has 1 aromatic heterocycles. The number of halogens is 1. The lowest BCUT2D eigenvalue weighted by atomic mass is 10.1. The van der Waals surface area contributed by atoms with Gasteiger partial charge in [0.05, 0.1) is 18.8 Å². The van der Waals surface area contributed by atoms with Gasteiger partial charge in [0, 0.05) is 12.7 Å². The highest BCUT2D eigenvalue weighted by Gasteiger charge is 2.01. The number of hydrogen-bond acceptors (Lipinski definition) is 2. The molecule has 1 heterocycles. The van der Waals surface area contributed by atoms with Gasteiger partial charge in [-0.2, -0.15) is 0 Å². The first kappa shape index (κ1) is 15.9. The highest BCUT2D eigenvalue weighted by Crippen LogP contribution is 2.10. The highest BCUT2D eigenvalue weighted by molar-refractivity contribution is 5.79. The van der Waals surface area contributed by atoms with Crippen LogP contribution in [0.4, 0.5) is 4.39 Å². The van der Waals surface area contributed by atoms with Crippen molar-refractivity contribution < 1.29 is 4.39 Å². The zero-order valence-electron chi connectivity index (χ0n) is 12.9. The van der Waals surface area contributed by atoms with Crippen LogP contribution in [0.3, 0.4) is 0 Å². The molecule has 0 bridgehead atoms. The van der Waals surface area contributed by atoms with Gasteiger partial charge in [0.25, 0.3) is 0 Å². The van der Waals surface area contributed by atoms with E-state index >= 15 is 0 Å². The molecule has 22 heavy (non-hydrogen) atoms. The zero-order valence-corrected chi connectivity index (χ0v) is 12.9. The molecule has 0 aliphatic heterocycles. The number of aromatic nitrogens is 1. The van der Waals surface area contributed by atoms with Gasteiger partial charge >= 0.3 is 0 Å². The minimum Gasteiger partial charge on any atom is -0.357 e. The number of guanidine groups is 1. The third kappa shape index (κ3) is 4.84. The molecular weight excluding hydrogens is 279 g/mol. The van der Waals surface area contributed by atoms with E-state index in [9.17, 15) is 4.39 Å². The summed E-state index contributed by atoms with van der Waals surface area (Å²) in [5.41, 5.74) is 2.57. The number of benzene rings is 1. The summed E-state index contributed by atoms with van der Waals surface area (Å²) in [5, 5.41) is 6.42. The van der Waals surface area contributed by atoms with Crippen molar-refractivity contribution in [1.82, 2.24) is 15.6 Å². The van der Waals surface area contributed by atoms with Gasteiger partial charge < -0.3 is 10.6 Å². The Balaban J connectivity index is 1.98. The summed E-state index contributed by atoms with van der Waals surface area (Å²) in [4.78, 5) is 8.78. The van der Waals surface area contributed by atoms with Gasteiger partial charge in [-0.25, -0.2) is 9.38 Å². The van der Waals surface area contributed by atoms with Crippen LogP contribution in [0, 0.1) is 12.7 Å². The van der Waals surface area contributed by atoms with Crippen LogP contribution in [0.5, 0.6) is 0 Å². The summed E-state index contributed by atoms with van der Waals surface area (Å²) in [7, 11) is 0. The van der Waals surface area contributed by atoms with Crippen LogP contribution in [0.2, 0.25) is 0 Å². The maximum absolute atomic E-state index is 13.3. The number of hydrogen-bond donors (Lipinski definition) is 2. The SMILES string of the molecule is CCNC(=NCc1ccc(F)c(C)c1)NCc1ccccn1. The number of pyridine rings is 1. The largest absolute Gasteiger partial charge is 0.357 e. The Morgan fingerprint density at radius 2 is 2.09 bits per heavy atom. The average Bonchev–Trinajstić information content (AvgIpc) is 2.54. The third-order valence-electron chi connectivity index (χ3n) is 3.15. The summed E-state index contributed by atoms with van der Waals surface area (Å²) in [6.45, 7) is 5.65. The number of aryl methyl sites for hydroxylation is 1. The molecule has 0 fully saturated rings. The molecule has 2 N–H and O–H groups in total. The molecule has 0 unspecified atom stereocenters. The number of aliphatic imine (C=N–C) groups is 1. The molecule has 0 amide bonds. The fourth-order valence-corrected chi connectivity index (χ4v) is 1.99. The van der Waals surface area contributed by atoms with Gasteiger partial charge in [0.1, 0.15) is 5.82 Å². The second kappa shape index (κ2) is 8.12. The Labute approximate surface area is 130 Å². The lowest BCUT2D eigenvalue weighted by Crippen LogP contribution is -2.37. The molecule has 0 spiro atoms. The van der Waals surface area contributed by atoms with E-state index in [1.807, 2.05) is 31.2 Å². The molecule has 1 aromatic carbocycles. The van der Waals surface area contributed by atoms with E-state index in [1.165, 1.54) is 6.07 Å². The monoisotopic (exact) mass is 300 g/mol. The lowest BCUT2D eigenvalue weighted by Gasteiger charge is -2.11. The third-order valence-corrected chi connectivity index (χ3v) is 3.15. The summed E-state index contributed by atoms with van der Waals surface area (Å²) in [5.74, 6) is 0.531. The number of rotatable bonds is 5. The van der Waals surface area contributed by atoms with E-state index in [0.29, 0.717) is 18.7 Å². The summed E-state index contributed by atoms with van der Waals surface area (Å²) in [6, 6.07) is 10.9. The first-order valence-electron chi connectivity index (χ1n) is 7.36. The summed E-state index contributed by atoms with van der Waals surface area (Å²) >= 11 is 0. The Morgan fingerprint density at radius 3 is 2.77 bits per heavy atom. The predicted molar refractivity (Wildman–Crippen MR) is 87.0 cm³/mol. The lowest BCUT2D eigenvalue weighted by molar-refractivity contribution is 0.617. The molecular formula is C17H21FN4. The maximum atomic E-state index is 13.3. The normalized spacial score (nSPS) is 11.3. The minimum absolute atomic E-state index is 0.187. The Hall–Kier alpha value is -2.43. The van der Waals surface area contributed by atoms with Gasteiger partial charge in [-0.05, 0) is 43.2 Å². The fourth-order valence-electron chi connectivity index (χ4n) is 1.99. The Kier molecular flexibility index (Phi) is 5.89. The maximum Gasteiger partial charge on any atom is 0.191 e. The van der Waals surface area contributed by atoms with Crippen LogP contribution in [-0.4, -0.2) is 17.5 Å². The topological polar surface area (TPSA) is 49.3 Å². The Bertz CT molecular complexity index is 626. The Morgan fingerprint density at radius 1 is 1.23 bits per heavy atom. The van der Waals surface area contributed by atoms with Crippen LogP contribution >= 0.6 is 0 Å². The van der Waals surface area contributed by atoms with Crippen molar-refractivity contribution in [3.63, 3.8) is 0 Å². The van der Waals surface area contributed by atoms with E-state index in [1.54, 1.807) is 19.2 Å². The predicted octanol–water partition coefficient (Wildman–Crippen LogP) is 2.78. The van der Waals surface area contributed by atoms with E-state index in [-0.39, 0.29) is 5.82 Å². The second-order valence-corrected chi connectivity index (χ2v) is 4.95. The van der Waals surface area contributed by atoms with Crippen LogP contribution in [0.15, 0.2) is 47.6 Å². The van der Waals surface area contributed by atoms with Gasteiger partial charge in [0.2, 0.25) is 0 Å². The van der Waals surface area contributed by atoms with Crippen molar-refractivity contribution in [2.45, 2.75) is 26.9 Å². The second-order valence-electron chi connectivity index (χ2n) is 4.95. The van der Waals surface area contributed by atoms with E-state index in [4.69, 9.17) is 0 Å². The molecule has 2 aromatic rings. The quantitative estimate of drug-likeness (QED) is 0.659. The zero-order chi connectivity index (χ0) is 15.8. The fraction of sp³-hybridized carbons (Fsp3) is 0.294. The van der Waals surface area contributed by atoms with Crippen LogP contribution < -0.4 is 10.6 Å². The molecule has 116 valence electrons. The van der Waals surface area contributed by atoms with E-state index < -0.39 is 0 Å². The molecule has 0 saturated heterocycles. The van der Waals surface area contributed by atoms with Crippen molar-refractivity contribution in [3.8, 4) is 0 Å². The first-order chi connectivity index (χ1) is 10.7. The standard InChI is InChI=1S/C17H21FN4/c1-3-19-17(22-12-15-6-4-5-9-20-15)21-11-14-7-8-16(18)13(2)10-14/h4-10H,3,11-12H2,1-2H3,(H2,19,21,22). The van der Waals surface area contributed by atoms with E-state index in [0.717, 1.165) is 23.8 Å². The van der Waals surface area contributed by atoms with Crippen molar-refractivity contribution in [2.24, 2.45) is 4.99 Å². The number of nitrogens with one attached hydrogen (secondary N) is 2. The summed E-state index contributed by atoms with van der Waals surface area (Å²) in [6.07, 6.45) is 1.77. The van der Waals surface area contributed by atoms with Crippen molar-refractivity contribution in [1.29, 1.82) is 0 Å². The minimum atomic E-state index is -0.187. The van der Waals surface area contributed by atoms with Crippen LogP contribution in [0.25, 0.3) is 0 Å². The molecule has 0 radical (unpaired) electrons. The smallest absolute Gasteiger partial charge is 0.191 e. The van der Waals surface area contributed by atoms with Gasteiger partial charge in [-0.1, -0.05) is 18.2 Å². The van der Waals surface area contributed by atoms with Gasteiger partial charge in [-0.15, -0.1) is 0 Å². The van der Waals surface area contributed by atoms with Crippen LogP contribution in [-0.2, 0) is 13.1 Å². The van der Waals surface area contributed by atoms with Crippen LogP contribution in [0.1, 0.15) is 23.7 Å². The van der Waals surface area contributed by atoms with Crippen molar-refractivity contribution in [2.75, 3.05) is 6.54 Å². The molecule has 5 heteroatoms.